The average Bonchev–Trinajstić information content (AvgIpc) is 3.20. The predicted molar refractivity (Wildman–Crippen MR) is 119 cm³/mol. The highest BCUT2D eigenvalue weighted by Crippen LogP contribution is 2.28. The van der Waals surface area contributed by atoms with Gasteiger partial charge in [0.25, 0.3) is 0 Å². The first-order chi connectivity index (χ1) is 14.5. The Hall–Kier alpha value is -2.48. The van der Waals surface area contributed by atoms with E-state index in [0.717, 1.165) is 16.4 Å². The Morgan fingerprint density at radius 1 is 1.07 bits per heavy atom. The van der Waals surface area contributed by atoms with Crippen molar-refractivity contribution in [1.29, 1.82) is 0 Å². The van der Waals surface area contributed by atoms with Crippen LogP contribution in [0.15, 0.2) is 53.9 Å². The van der Waals surface area contributed by atoms with E-state index in [2.05, 4.69) is 41.6 Å². The predicted octanol–water partition coefficient (Wildman–Crippen LogP) is 4.18. The third-order valence-corrected chi connectivity index (χ3v) is 5.76. The van der Waals surface area contributed by atoms with E-state index in [1.165, 1.54) is 22.9 Å². The molecule has 3 aromatic rings. The number of hydrogen-bond acceptors (Lipinski definition) is 6. The lowest BCUT2D eigenvalue weighted by Crippen LogP contribution is -2.18. The smallest absolute Gasteiger partial charge is 0.172 e. The van der Waals surface area contributed by atoms with E-state index in [9.17, 15) is 5.11 Å². The molecular formula is C23H28N2O4S. The summed E-state index contributed by atoms with van der Waals surface area (Å²) < 4.78 is 18.3. The fraction of sp³-hybridized carbons (Fsp3) is 0.348. The zero-order valence-corrected chi connectivity index (χ0v) is 18.6. The van der Waals surface area contributed by atoms with Gasteiger partial charge in [-0.1, -0.05) is 35.5 Å². The van der Waals surface area contributed by atoms with E-state index in [1.54, 1.807) is 20.4 Å². The number of hydrogen-bond donors (Lipinski definition) is 1. The van der Waals surface area contributed by atoms with Gasteiger partial charge in [-0.2, -0.15) is 0 Å². The Balaban J connectivity index is 1.51. The highest BCUT2D eigenvalue weighted by atomic mass is 32.2. The summed E-state index contributed by atoms with van der Waals surface area (Å²) in [5.74, 6) is 1.83. The van der Waals surface area contributed by atoms with E-state index in [0.29, 0.717) is 23.9 Å². The van der Waals surface area contributed by atoms with Gasteiger partial charge in [-0.3, -0.25) is 4.57 Å². The minimum Gasteiger partial charge on any atom is -0.493 e. The van der Waals surface area contributed by atoms with Crippen molar-refractivity contribution in [3.05, 3.63) is 65.5 Å². The molecule has 0 spiro atoms. The van der Waals surface area contributed by atoms with Crippen molar-refractivity contribution in [1.82, 2.24) is 9.55 Å². The number of aliphatic hydroxyl groups excluding tert-OH is 1. The second kappa shape index (κ2) is 10.5. The molecule has 0 aliphatic carbocycles. The zero-order valence-electron chi connectivity index (χ0n) is 17.8. The molecule has 0 amide bonds. The van der Waals surface area contributed by atoms with Crippen LogP contribution in [-0.4, -0.2) is 47.3 Å². The van der Waals surface area contributed by atoms with Crippen LogP contribution < -0.4 is 9.47 Å². The summed E-state index contributed by atoms with van der Waals surface area (Å²) in [6, 6.07) is 12.0. The Bertz CT molecular complexity index is 974. The molecule has 0 unspecified atom stereocenters. The van der Waals surface area contributed by atoms with Crippen LogP contribution in [0.4, 0.5) is 0 Å². The molecule has 1 N–H and O–H groups in total. The third kappa shape index (κ3) is 5.56. The first-order valence-corrected chi connectivity index (χ1v) is 10.7. The van der Waals surface area contributed by atoms with Gasteiger partial charge in [0.15, 0.2) is 16.7 Å². The summed E-state index contributed by atoms with van der Waals surface area (Å²) >= 11 is 1.51. The van der Waals surface area contributed by atoms with E-state index in [-0.39, 0.29) is 6.61 Å². The topological polar surface area (TPSA) is 65.7 Å². The van der Waals surface area contributed by atoms with Crippen molar-refractivity contribution in [3.8, 4) is 17.2 Å². The molecule has 7 heteroatoms. The standard InChI is InChI=1S/C23H28N2O4S/c1-16-5-7-20(17(2)11-16)25-10-9-24-23(25)30-15-19(26)14-29-13-18-6-8-21(27-3)22(12-18)28-4/h5-12,19,26H,13-15H2,1-4H3/t19-/m1/s1. The lowest BCUT2D eigenvalue weighted by molar-refractivity contribution is 0.0397. The summed E-state index contributed by atoms with van der Waals surface area (Å²) in [5.41, 5.74) is 4.47. The molecular weight excluding hydrogens is 400 g/mol. The van der Waals surface area contributed by atoms with Gasteiger partial charge in [0, 0.05) is 18.1 Å². The first-order valence-electron chi connectivity index (χ1n) is 9.72. The number of aliphatic hydroxyl groups is 1. The number of thioether (sulfide) groups is 1. The maximum absolute atomic E-state index is 10.3. The van der Waals surface area contributed by atoms with Gasteiger partial charge in [0.05, 0.1) is 39.2 Å². The molecule has 0 saturated carbocycles. The van der Waals surface area contributed by atoms with Crippen LogP contribution in [0.3, 0.4) is 0 Å². The lowest BCUT2D eigenvalue weighted by atomic mass is 10.1. The molecule has 0 radical (unpaired) electrons. The molecule has 0 aliphatic rings. The molecule has 30 heavy (non-hydrogen) atoms. The van der Waals surface area contributed by atoms with Gasteiger partial charge < -0.3 is 19.3 Å². The fourth-order valence-electron chi connectivity index (χ4n) is 3.16. The summed E-state index contributed by atoms with van der Waals surface area (Å²) in [6.45, 7) is 4.80. The molecule has 1 heterocycles. The fourth-order valence-corrected chi connectivity index (χ4v) is 4.03. The van der Waals surface area contributed by atoms with Gasteiger partial charge in [-0.25, -0.2) is 4.98 Å². The normalized spacial score (nSPS) is 12.0. The molecule has 6 nitrogen and oxygen atoms in total. The van der Waals surface area contributed by atoms with Gasteiger partial charge in [0.2, 0.25) is 0 Å². The Morgan fingerprint density at radius 3 is 2.60 bits per heavy atom. The number of ether oxygens (including phenoxy) is 3. The summed E-state index contributed by atoms with van der Waals surface area (Å²) in [4.78, 5) is 4.44. The minimum absolute atomic E-state index is 0.242. The molecule has 0 aliphatic heterocycles. The molecule has 1 aromatic heterocycles. The van der Waals surface area contributed by atoms with Crippen molar-refractivity contribution in [3.63, 3.8) is 0 Å². The Kier molecular flexibility index (Phi) is 7.79. The SMILES string of the molecule is COc1ccc(COC[C@@H](O)CSc2nccn2-c2ccc(C)cc2C)cc1OC. The number of benzene rings is 2. The van der Waals surface area contributed by atoms with E-state index >= 15 is 0 Å². The second-order valence-corrected chi connectivity index (χ2v) is 8.03. The summed E-state index contributed by atoms with van der Waals surface area (Å²) in [7, 11) is 3.21. The maximum Gasteiger partial charge on any atom is 0.172 e. The number of rotatable bonds is 10. The third-order valence-electron chi connectivity index (χ3n) is 4.65. The van der Waals surface area contributed by atoms with Crippen LogP contribution in [0.25, 0.3) is 5.69 Å². The van der Waals surface area contributed by atoms with Crippen LogP contribution in [0.1, 0.15) is 16.7 Å². The van der Waals surface area contributed by atoms with Crippen molar-refractivity contribution in [2.75, 3.05) is 26.6 Å². The highest BCUT2D eigenvalue weighted by molar-refractivity contribution is 7.99. The zero-order chi connectivity index (χ0) is 21.5. The van der Waals surface area contributed by atoms with Crippen LogP contribution in [0.2, 0.25) is 0 Å². The quantitative estimate of drug-likeness (QED) is 0.489. The van der Waals surface area contributed by atoms with E-state index < -0.39 is 6.10 Å². The van der Waals surface area contributed by atoms with Crippen molar-refractivity contribution >= 4 is 11.8 Å². The Morgan fingerprint density at radius 2 is 1.87 bits per heavy atom. The van der Waals surface area contributed by atoms with Crippen molar-refractivity contribution in [2.24, 2.45) is 0 Å². The maximum atomic E-state index is 10.3. The van der Waals surface area contributed by atoms with Gasteiger partial charge >= 0.3 is 0 Å². The van der Waals surface area contributed by atoms with Crippen molar-refractivity contribution in [2.45, 2.75) is 31.7 Å². The van der Waals surface area contributed by atoms with Crippen LogP contribution in [0.5, 0.6) is 11.5 Å². The minimum atomic E-state index is -0.598. The molecule has 0 saturated heterocycles. The first kappa shape index (κ1) is 22.2. The molecule has 2 aromatic carbocycles. The van der Waals surface area contributed by atoms with Gasteiger partial charge in [-0.05, 0) is 43.2 Å². The van der Waals surface area contributed by atoms with Gasteiger partial charge in [0.1, 0.15) is 0 Å². The lowest BCUT2D eigenvalue weighted by Gasteiger charge is -2.14. The second-order valence-electron chi connectivity index (χ2n) is 7.04. The highest BCUT2D eigenvalue weighted by Gasteiger charge is 2.12. The molecule has 3 rings (SSSR count). The number of aromatic nitrogens is 2. The molecule has 1 atom stereocenters. The number of aryl methyl sites for hydroxylation is 2. The average molecular weight is 429 g/mol. The number of nitrogens with zero attached hydrogens (tertiary/aromatic N) is 2. The Labute approximate surface area is 181 Å². The van der Waals surface area contributed by atoms with E-state index in [4.69, 9.17) is 14.2 Å². The van der Waals surface area contributed by atoms with Crippen LogP contribution >= 0.6 is 11.8 Å². The molecule has 0 fully saturated rings. The van der Waals surface area contributed by atoms with E-state index in [1.807, 2.05) is 24.4 Å². The number of methoxy groups -OCH3 is 2. The summed E-state index contributed by atoms with van der Waals surface area (Å²) in [5, 5.41) is 11.2. The monoisotopic (exact) mass is 428 g/mol. The van der Waals surface area contributed by atoms with Crippen molar-refractivity contribution < 1.29 is 19.3 Å². The molecule has 0 bridgehead atoms. The van der Waals surface area contributed by atoms with Gasteiger partial charge in [-0.15, -0.1) is 0 Å². The summed E-state index contributed by atoms with van der Waals surface area (Å²) in [6.07, 6.45) is 3.13. The van der Waals surface area contributed by atoms with Crippen LogP contribution in [0, 0.1) is 13.8 Å². The number of imidazole rings is 1. The molecule has 160 valence electrons. The largest absolute Gasteiger partial charge is 0.493 e. The van der Waals surface area contributed by atoms with Crippen LogP contribution in [-0.2, 0) is 11.3 Å².